The lowest BCUT2D eigenvalue weighted by Crippen LogP contribution is -2.20. The van der Waals surface area contributed by atoms with E-state index in [1.54, 1.807) is 12.1 Å². The number of carbonyl (C=O) groups is 1. The quantitative estimate of drug-likeness (QED) is 0.319. The number of benzene rings is 3. The van der Waals surface area contributed by atoms with Crippen LogP contribution in [0.4, 0.5) is 5.69 Å². The Balaban J connectivity index is 1.54. The average molecular weight is 471 g/mol. The maximum absolute atomic E-state index is 12.6. The summed E-state index contributed by atoms with van der Waals surface area (Å²) in [6, 6.07) is 18.9. The highest BCUT2D eigenvalue weighted by Crippen LogP contribution is 2.40. The van der Waals surface area contributed by atoms with Gasteiger partial charge < -0.3 is 10.1 Å². The second-order valence-corrected chi connectivity index (χ2v) is 9.23. The van der Waals surface area contributed by atoms with Gasteiger partial charge >= 0.3 is 0 Å². The number of hydrogen-bond donors (Lipinski definition) is 1. The van der Waals surface area contributed by atoms with Crippen molar-refractivity contribution < 1.29 is 9.53 Å². The fraction of sp³-hybridized carbons (Fsp3) is 0.167. The van der Waals surface area contributed by atoms with E-state index in [-0.39, 0.29) is 12.5 Å². The molecule has 3 aromatic carbocycles. The smallest absolute Gasteiger partial charge is 0.262 e. The Labute approximate surface area is 194 Å². The van der Waals surface area contributed by atoms with Gasteiger partial charge in [-0.15, -0.1) is 11.3 Å². The number of thiazole rings is 1. The van der Waals surface area contributed by atoms with Crippen LogP contribution in [0.3, 0.4) is 0 Å². The molecular formula is C24H20Cl2N2O2S. The van der Waals surface area contributed by atoms with Crippen molar-refractivity contribution in [3.05, 3.63) is 76.3 Å². The van der Waals surface area contributed by atoms with Crippen LogP contribution in [-0.2, 0) is 4.79 Å². The van der Waals surface area contributed by atoms with Gasteiger partial charge in [0, 0.05) is 10.6 Å². The first-order valence-corrected chi connectivity index (χ1v) is 11.4. The maximum Gasteiger partial charge on any atom is 0.262 e. The van der Waals surface area contributed by atoms with Crippen LogP contribution in [-0.4, -0.2) is 17.5 Å². The molecule has 0 radical (unpaired) electrons. The lowest BCUT2D eigenvalue weighted by molar-refractivity contribution is -0.118. The molecule has 0 fully saturated rings. The normalized spacial score (nSPS) is 11.1. The van der Waals surface area contributed by atoms with E-state index in [1.165, 1.54) is 16.9 Å². The highest BCUT2D eigenvalue weighted by Gasteiger charge is 2.17. The predicted molar refractivity (Wildman–Crippen MR) is 130 cm³/mol. The number of anilines is 1. The van der Waals surface area contributed by atoms with E-state index >= 15 is 0 Å². The Kier molecular flexibility index (Phi) is 6.46. The van der Waals surface area contributed by atoms with Gasteiger partial charge in [0.1, 0.15) is 10.8 Å². The van der Waals surface area contributed by atoms with Gasteiger partial charge in [-0.3, -0.25) is 4.79 Å². The van der Waals surface area contributed by atoms with Crippen molar-refractivity contribution in [2.45, 2.75) is 19.8 Å². The number of carbonyl (C=O) groups excluding carboxylic acids is 1. The minimum Gasteiger partial charge on any atom is -0.484 e. The van der Waals surface area contributed by atoms with Crippen molar-refractivity contribution in [2.75, 3.05) is 11.9 Å². The van der Waals surface area contributed by atoms with Crippen LogP contribution in [0, 0.1) is 0 Å². The first-order chi connectivity index (χ1) is 14.9. The molecule has 0 spiro atoms. The Morgan fingerprint density at radius 1 is 1.10 bits per heavy atom. The molecule has 4 aromatic rings. The summed E-state index contributed by atoms with van der Waals surface area (Å²) in [4.78, 5) is 17.3. The molecule has 0 aliphatic heterocycles. The molecule has 0 aliphatic rings. The van der Waals surface area contributed by atoms with Crippen LogP contribution in [0.1, 0.15) is 25.3 Å². The number of fused-ring (bicyclic) bond motifs is 1. The molecule has 1 N–H and O–H groups in total. The molecule has 0 bridgehead atoms. The third-order valence-corrected chi connectivity index (χ3v) is 6.35. The number of hydrogen-bond acceptors (Lipinski definition) is 4. The summed E-state index contributed by atoms with van der Waals surface area (Å²) in [7, 11) is 0. The summed E-state index contributed by atoms with van der Waals surface area (Å²) in [6.07, 6.45) is 0. The maximum atomic E-state index is 12.6. The Bertz CT molecular complexity index is 1200. The number of nitrogens with zero attached hydrogens (tertiary/aromatic N) is 1. The number of aromatic nitrogens is 1. The van der Waals surface area contributed by atoms with Gasteiger partial charge in [0.2, 0.25) is 0 Å². The molecule has 0 unspecified atom stereocenters. The van der Waals surface area contributed by atoms with Crippen molar-refractivity contribution in [1.29, 1.82) is 0 Å². The molecule has 7 heteroatoms. The lowest BCUT2D eigenvalue weighted by atomic mass is 10.0. The summed E-state index contributed by atoms with van der Waals surface area (Å²) in [6.45, 7) is 4.11. The van der Waals surface area contributed by atoms with Crippen molar-refractivity contribution in [2.24, 2.45) is 0 Å². The fourth-order valence-corrected chi connectivity index (χ4v) is 4.66. The van der Waals surface area contributed by atoms with E-state index in [9.17, 15) is 4.79 Å². The molecule has 158 valence electrons. The van der Waals surface area contributed by atoms with Gasteiger partial charge in [0.25, 0.3) is 5.91 Å². The number of halogens is 2. The van der Waals surface area contributed by atoms with Crippen molar-refractivity contribution in [3.8, 4) is 16.3 Å². The molecule has 0 saturated heterocycles. The number of rotatable bonds is 6. The van der Waals surface area contributed by atoms with Crippen LogP contribution < -0.4 is 10.1 Å². The Morgan fingerprint density at radius 3 is 2.55 bits per heavy atom. The molecule has 1 heterocycles. The topological polar surface area (TPSA) is 51.2 Å². The van der Waals surface area contributed by atoms with Crippen LogP contribution in [0.25, 0.3) is 20.8 Å². The summed E-state index contributed by atoms with van der Waals surface area (Å²) >= 11 is 14.2. The predicted octanol–water partition coefficient (Wildman–Crippen LogP) is 7.41. The van der Waals surface area contributed by atoms with E-state index in [4.69, 9.17) is 27.9 Å². The van der Waals surface area contributed by atoms with E-state index in [0.717, 1.165) is 15.2 Å². The average Bonchev–Trinajstić information content (AvgIpc) is 3.18. The van der Waals surface area contributed by atoms with Gasteiger partial charge in [-0.25, -0.2) is 4.98 Å². The summed E-state index contributed by atoms with van der Waals surface area (Å²) < 4.78 is 6.68. The third kappa shape index (κ3) is 5.01. The number of para-hydroxylation sites is 1. The largest absolute Gasteiger partial charge is 0.484 e. The molecule has 1 amide bonds. The molecule has 4 nitrogen and oxygen atoms in total. The number of ether oxygens (including phenoxy) is 1. The SMILES string of the molecule is CC(C)c1ccc(OCC(=O)Nc2c(Cl)cc(Cl)cc2-c2nc3ccccc3s2)cc1. The lowest BCUT2D eigenvalue weighted by Gasteiger charge is -2.13. The van der Waals surface area contributed by atoms with E-state index in [1.807, 2.05) is 48.5 Å². The minimum atomic E-state index is -0.320. The van der Waals surface area contributed by atoms with Crippen molar-refractivity contribution in [1.82, 2.24) is 4.98 Å². The zero-order chi connectivity index (χ0) is 22.0. The summed E-state index contributed by atoms with van der Waals surface area (Å²) in [5, 5.41) is 4.40. The second kappa shape index (κ2) is 9.27. The van der Waals surface area contributed by atoms with Crippen LogP contribution >= 0.6 is 34.5 Å². The third-order valence-electron chi connectivity index (χ3n) is 4.76. The van der Waals surface area contributed by atoms with Crippen LogP contribution in [0.15, 0.2) is 60.7 Å². The Morgan fingerprint density at radius 2 is 1.84 bits per heavy atom. The van der Waals surface area contributed by atoms with Gasteiger partial charge in [0.15, 0.2) is 6.61 Å². The second-order valence-electron chi connectivity index (χ2n) is 7.36. The van der Waals surface area contributed by atoms with E-state index in [2.05, 4.69) is 24.1 Å². The van der Waals surface area contributed by atoms with Gasteiger partial charge in [-0.2, -0.15) is 0 Å². The first-order valence-electron chi connectivity index (χ1n) is 9.78. The molecular weight excluding hydrogens is 451 g/mol. The number of nitrogens with one attached hydrogen (secondary N) is 1. The standard InChI is InChI=1S/C24H20Cl2N2O2S/c1-14(2)15-7-9-17(10-8-15)30-13-22(29)28-23-18(11-16(25)12-19(23)26)24-27-20-5-3-4-6-21(20)31-24/h3-12,14H,13H2,1-2H3,(H,28,29). The van der Waals surface area contributed by atoms with E-state index < -0.39 is 0 Å². The van der Waals surface area contributed by atoms with Crippen molar-refractivity contribution in [3.63, 3.8) is 0 Å². The van der Waals surface area contributed by atoms with Gasteiger partial charge in [-0.05, 0) is 47.9 Å². The molecule has 4 rings (SSSR count). The molecule has 1 aromatic heterocycles. The van der Waals surface area contributed by atoms with Crippen LogP contribution in [0.2, 0.25) is 10.0 Å². The zero-order valence-corrected chi connectivity index (χ0v) is 19.3. The molecule has 0 atom stereocenters. The molecule has 0 aliphatic carbocycles. The fourth-order valence-electron chi connectivity index (χ4n) is 3.13. The monoisotopic (exact) mass is 470 g/mol. The highest BCUT2D eigenvalue weighted by molar-refractivity contribution is 7.21. The molecule has 31 heavy (non-hydrogen) atoms. The van der Waals surface area contributed by atoms with Gasteiger partial charge in [-0.1, -0.05) is 61.3 Å². The Hall–Kier alpha value is -2.60. The zero-order valence-electron chi connectivity index (χ0n) is 17.0. The molecule has 0 saturated carbocycles. The summed E-state index contributed by atoms with van der Waals surface area (Å²) in [5.41, 5.74) is 3.23. The van der Waals surface area contributed by atoms with Crippen molar-refractivity contribution >= 4 is 56.3 Å². The van der Waals surface area contributed by atoms with E-state index in [0.29, 0.717) is 33.0 Å². The highest BCUT2D eigenvalue weighted by atomic mass is 35.5. The minimum absolute atomic E-state index is 0.140. The summed E-state index contributed by atoms with van der Waals surface area (Å²) in [5.74, 6) is 0.748. The van der Waals surface area contributed by atoms with Crippen LogP contribution in [0.5, 0.6) is 5.75 Å². The first kappa shape index (κ1) is 21.6. The van der Waals surface area contributed by atoms with Gasteiger partial charge in [0.05, 0.1) is 20.9 Å². The number of amides is 1.